The van der Waals surface area contributed by atoms with Crippen LogP contribution in [0.25, 0.3) is 22.6 Å². The highest BCUT2D eigenvalue weighted by Gasteiger charge is 2.18. The van der Waals surface area contributed by atoms with E-state index in [0.717, 1.165) is 23.1 Å². The third-order valence-corrected chi connectivity index (χ3v) is 4.74. The molecular weight excluding hydrogens is 340 g/mol. The maximum atomic E-state index is 12.4. The Kier molecular flexibility index (Phi) is 4.70. The van der Waals surface area contributed by atoms with Crippen molar-refractivity contribution in [3.63, 3.8) is 0 Å². The first-order valence-corrected chi connectivity index (χ1v) is 8.82. The van der Waals surface area contributed by atoms with E-state index in [1.807, 2.05) is 29.3 Å². The van der Waals surface area contributed by atoms with E-state index in [1.54, 1.807) is 37.9 Å². The molecular formula is C21H20N4O2. The highest BCUT2D eigenvalue weighted by molar-refractivity contribution is 5.95. The monoisotopic (exact) mass is 360 g/mol. The zero-order valence-electron chi connectivity index (χ0n) is 15.1. The summed E-state index contributed by atoms with van der Waals surface area (Å²) in [6.07, 6.45) is 13.1. The molecule has 3 aromatic rings. The number of fused-ring (bicyclic) bond motifs is 1. The van der Waals surface area contributed by atoms with E-state index in [1.165, 1.54) is 11.1 Å². The molecule has 6 heteroatoms. The van der Waals surface area contributed by atoms with Crippen molar-refractivity contribution < 1.29 is 9.53 Å². The highest BCUT2D eigenvalue weighted by Crippen LogP contribution is 2.31. The Labute approximate surface area is 157 Å². The summed E-state index contributed by atoms with van der Waals surface area (Å²) in [6, 6.07) is 6.01. The van der Waals surface area contributed by atoms with Crippen LogP contribution in [0.4, 0.5) is 0 Å². The predicted molar refractivity (Wildman–Crippen MR) is 105 cm³/mol. The number of carbonyl (C=O) groups is 1. The normalized spacial score (nSPS) is 14.6. The fraction of sp³-hybridized carbons (Fsp3) is 0.190. The molecule has 136 valence electrons. The number of hydrogen-bond acceptors (Lipinski definition) is 4. The van der Waals surface area contributed by atoms with Crippen molar-refractivity contribution in [3.8, 4) is 5.75 Å². The standard InChI is InChI=1S/C21H20N4O2/c1-27-17-3-4-20-18(12-17)19(14-24-20)15-6-10-25(11-7-15)21(26)5-2-16-13-22-8-9-23-16/h2-6,8-9,12-14,24H,7,10-11H2,1H3. The first kappa shape index (κ1) is 17.0. The second kappa shape index (κ2) is 7.45. The van der Waals surface area contributed by atoms with Crippen molar-refractivity contribution >= 4 is 28.5 Å². The van der Waals surface area contributed by atoms with Gasteiger partial charge in [0.05, 0.1) is 19.0 Å². The molecule has 3 heterocycles. The number of carbonyl (C=O) groups excluding carboxylic acids is 1. The van der Waals surface area contributed by atoms with Crippen LogP contribution in [-0.4, -0.2) is 46.0 Å². The molecule has 0 spiro atoms. The predicted octanol–water partition coefficient (Wildman–Crippen LogP) is 3.30. The van der Waals surface area contributed by atoms with E-state index >= 15 is 0 Å². The number of hydrogen-bond donors (Lipinski definition) is 1. The molecule has 1 N–H and O–H groups in total. The Morgan fingerprint density at radius 1 is 1.33 bits per heavy atom. The lowest BCUT2D eigenvalue weighted by atomic mass is 9.98. The van der Waals surface area contributed by atoms with Crippen LogP contribution in [-0.2, 0) is 4.79 Å². The summed E-state index contributed by atoms with van der Waals surface area (Å²) < 4.78 is 5.34. The summed E-state index contributed by atoms with van der Waals surface area (Å²) in [5.74, 6) is 0.822. The van der Waals surface area contributed by atoms with Crippen molar-refractivity contribution in [2.45, 2.75) is 6.42 Å². The molecule has 1 aliphatic heterocycles. The molecule has 6 nitrogen and oxygen atoms in total. The number of rotatable bonds is 4. The van der Waals surface area contributed by atoms with Crippen LogP contribution in [0.3, 0.4) is 0 Å². The average molecular weight is 360 g/mol. The number of amides is 1. The van der Waals surface area contributed by atoms with Gasteiger partial charge in [-0.2, -0.15) is 0 Å². The number of H-pyrrole nitrogens is 1. The van der Waals surface area contributed by atoms with E-state index in [0.29, 0.717) is 18.8 Å². The van der Waals surface area contributed by atoms with E-state index in [4.69, 9.17) is 4.74 Å². The summed E-state index contributed by atoms with van der Waals surface area (Å²) in [4.78, 5) is 25.7. The zero-order chi connectivity index (χ0) is 18.6. The fourth-order valence-corrected chi connectivity index (χ4v) is 3.27. The van der Waals surface area contributed by atoms with Crippen LogP contribution in [0.5, 0.6) is 5.75 Å². The Morgan fingerprint density at radius 3 is 3.00 bits per heavy atom. The summed E-state index contributed by atoms with van der Waals surface area (Å²) in [5.41, 5.74) is 4.17. The molecule has 0 saturated heterocycles. The summed E-state index contributed by atoms with van der Waals surface area (Å²) >= 11 is 0. The van der Waals surface area contributed by atoms with Gasteiger partial charge in [0.2, 0.25) is 5.91 Å². The molecule has 0 fully saturated rings. The van der Waals surface area contributed by atoms with Crippen LogP contribution in [0.2, 0.25) is 0 Å². The lowest BCUT2D eigenvalue weighted by molar-refractivity contribution is -0.125. The van der Waals surface area contributed by atoms with Crippen molar-refractivity contribution in [3.05, 3.63) is 66.4 Å². The minimum absolute atomic E-state index is 0.0171. The lowest BCUT2D eigenvalue weighted by Gasteiger charge is -2.25. The third-order valence-electron chi connectivity index (χ3n) is 4.74. The van der Waals surface area contributed by atoms with Crippen LogP contribution in [0.1, 0.15) is 17.7 Å². The quantitative estimate of drug-likeness (QED) is 0.725. The Balaban J connectivity index is 1.49. The second-order valence-corrected chi connectivity index (χ2v) is 6.34. The molecule has 0 aliphatic carbocycles. The van der Waals surface area contributed by atoms with Crippen LogP contribution < -0.4 is 4.74 Å². The number of methoxy groups -OCH3 is 1. The van der Waals surface area contributed by atoms with Crippen molar-refractivity contribution in [2.75, 3.05) is 20.2 Å². The number of benzene rings is 1. The number of nitrogens with zero attached hydrogens (tertiary/aromatic N) is 3. The lowest BCUT2D eigenvalue weighted by Crippen LogP contribution is -2.33. The third kappa shape index (κ3) is 3.60. The van der Waals surface area contributed by atoms with Gasteiger partial charge in [-0.25, -0.2) is 0 Å². The van der Waals surface area contributed by atoms with Gasteiger partial charge >= 0.3 is 0 Å². The number of aromatic nitrogens is 3. The van der Waals surface area contributed by atoms with Crippen molar-refractivity contribution in [1.82, 2.24) is 19.9 Å². The van der Waals surface area contributed by atoms with Crippen LogP contribution in [0, 0.1) is 0 Å². The maximum absolute atomic E-state index is 12.4. The summed E-state index contributed by atoms with van der Waals surface area (Å²) in [7, 11) is 1.67. The Hall–Kier alpha value is -3.41. The van der Waals surface area contributed by atoms with Gasteiger partial charge < -0.3 is 14.6 Å². The molecule has 1 aliphatic rings. The number of nitrogens with one attached hydrogen (secondary N) is 1. The smallest absolute Gasteiger partial charge is 0.246 e. The molecule has 2 aromatic heterocycles. The first-order chi connectivity index (χ1) is 13.2. The molecule has 4 rings (SSSR count). The van der Waals surface area contributed by atoms with Gasteiger partial charge in [-0.1, -0.05) is 6.08 Å². The van der Waals surface area contributed by atoms with Gasteiger partial charge in [-0.3, -0.25) is 14.8 Å². The number of aromatic amines is 1. The second-order valence-electron chi connectivity index (χ2n) is 6.34. The molecule has 0 unspecified atom stereocenters. The molecule has 0 radical (unpaired) electrons. The minimum Gasteiger partial charge on any atom is -0.497 e. The summed E-state index contributed by atoms with van der Waals surface area (Å²) in [5, 5.41) is 1.14. The Morgan fingerprint density at radius 2 is 2.26 bits per heavy atom. The molecule has 1 aromatic carbocycles. The van der Waals surface area contributed by atoms with Gasteiger partial charge in [-0.05, 0) is 36.3 Å². The average Bonchev–Trinajstić information content (AvgIpc) is 3.16. The minimum atomic E-state index is -0.0171. The van der Waals surface area contributed by atoms with E-state index in [9.17, 15) is 4.79 Å². The SMILES string of the molecule is COc1ccc2[nH]cc(C3=CCN(C(=O)C=Cc4cnccn4)CC3)c2c1. The van der Waals surface area contributed by atoms with Gasteiger partial charge in [-0.15, -0.1) is 0 Å². The zero-order valence-corrected chi connectivity index (χ0v) is 15.1. The molecule has 0 atom stereocenters. The van der Waals surface area contributed by atoms with Gasteiger partial charge in [0.15, 0.2) is 0 Å². The maximum Gasteiger partial charge on any atom is 0.246 e. The highest BCUT2D eigenvalue weighted by atomic mass is 16.5. The fourth-order valence-electron chi connectivity index (χ4n) is 3.27. The largest absolute Gasteiger partial charge is 0.497 e. The van der Waals surface area contributed by atoms with E-state index in [2.05, 4.69) is 21.0 Å². The first-order valence-electron chi connectivity index (χ1n) is 8.82. The number of ether oxygens (including phenoxy) is 1. The molecule has 27 heavy (non-hydrogen) atoms. The van der Waals surface area contributed by atoms with E-state index < -0.39 is 0 Å². The van der Waals surface area contributed by atoms with Crippen molar-refractivity contribution in [2.24, 2.45) is 0 Å². The topological polar surface area (TPSA) is 71.1 Å². The van der Waals surface area contributed by atoms with Gasteiger partial charge in [0, 0.05) is 54.2 Å². The van der Waals surface area contributed by atoms with Gasteiger partial charge in [0.25, 0.3) is 0 Å². The molecule has 0 bridgehead atoms. The summed E-state index contributed by atoms with van der Waals surface area (Å²) in [6.45, 7) is 1.28. The molecule has 0 saturated carbocycles. The van der Waals surface area contributed by atoms with E-state index in [-0.39, 0.29) is 5.91 Å². The molecule has 1 amide bonds. The van der Waals surface area contributed by atoms with Gasteiger partial charge in [0.1, 0.15) is 5.75 Å². The van der Waals surface area contributed by atoms with Crippen molar-refractivity contribution in [1.29, 1.82) is 0 Å². The van der Waals surface area contributed by atoms with Crippen LogP contribution >= 0.6 is 0 Å². The van der Waals surface area contributed by atoms with Crippen LogP contribution in [0.15, 0.2) is 55.1 Å². The Bertz CT molecular complexity index is 1020.